The molecule has 1 atom stereocenters. The van der Waals surface area contributed by atoms with Crippen molar-refractivity contribution < 1.29 is 9.90 Å². The fourth-order valence-electron chi connectivity index (χ4n) is 1.31. The third kappa shape index (κ3) is 3.22. The van der Waals surface area contributed by atoms with Crippen molar-refractivity contribution in [3.63, 3.8) is 0 Å². The number of carbonyl (C=O) groups is 1. The molecule has 0 fully saturated rings. The third-order valence-corrected chi connectivity index (χ3v) is 2.77. The predicted molar refractivity (Wildman–Crippen MR) is 64.6 cm³/mol. The normalized spacial score (nSPS) is 12.6. The Hall–Kier alpha value is -1.06. The summed E-state index contributed by atoms with van der Waals surface area (Å²) in [5, 5.41) is 12.3. The molecule has 0 aliphatic heterocycles. The Morgan fingerprint density at radius 3 is 2.56 bits per heavy atom. The zero-order chi connectivity index (χ0) is 12.1. The third-order valence-electron chi connectivity index (χ3n) is 2.44. The monoisotopic (exact) mass is 241 g/mol. The molecule has 0 aromatic heterocycles. The van der Waals surface area contributed by atoms with Gasteiger partial charge in [0.05, 0.1) is 23.2 Å². The van der Waals surface area contributed by atoms with Crippen molar-refractivity contribution >= 4 is 17.5 Å². The molecule has 0 spiro atoms. The number of aliphatic hydroxyl groups is 1. The lowest BCUT2D eigenvalue weighted by atomic mass is 10.0. The standard InChI is InChI=1S/C12H16ClNO2/c1-8(2)11(7-15)14-12(16)9-5-3-4-6-10(9)13/h3-6,8,11,15H,7H2,1-2H3,(H,14,16). The lowest BCUT2D eigenvalue weighted by molar-refractivity contribution is 0.0897. The molecule has 3 nitrogen and oxygen atoms in total. The first-order valence-corrected chi connectivity index (χ1v) is 5.60. The van der Waals surface area contributed by atoms with Crippen molar-refractivity contribution in [2.24, 2.45) is 5.92 Å². The quantitative estimate of drug-likeness (QED) is 0.848. The molecule has 88 valence electrons. The number of hydrogen-bond donors (Lipinski definition) is 2. The molecular weight excluding hydrogens is 226 g/mol. The van der Waals surface area contributed by atoms with Crippen molar-refractivity contribution in [3.05, 3.63) is 34.9 Å². The molecule has 0 radical (unpaired) electrons. The van der Waals surface area contributed by atoms with Gasteiger partial charge in [-0.3, -0.25) is 4.79 Å². The van der Waals surface area contributed by atoms with Crippen LogP contribution in [0.4, 0.5) is 0 Å². The molecule has 1 aromatic rings. The number of rotatable bonds is 4. The van der Waals surface area contributed by atoms with Crippen molar-refractivity contribution in [1.82, 2.24) is 5.32 Å². The van der Waals surface area contributed by atoms with Gasteiger partial charge in [0, 0.05) is 0 Å². The minimum Gasteiger partial charge on any atom is -0.394 e. The van der Waals surface area contributed by atoms with Crippen LogP contribution in [0, 0.1) is 5.92 Å². The van der Waals surface area contributed by atoms with Gasteiger partial charge in [-0.05, 0) is 18.1 Å². The minimum absolute atomic E-state index is 0.0755. The van der Waals surface area contributed by atoms with Crippen LogP contribution in [0.2, 0.25) is 5.02 Å². The lowest BCUT2D eigenvalue weighted by Crippen LogP contribution is -2.41. The van der Waals surface area contributed by atoms with Crippen LogP contribution < -0.4 is 5.32 Å². The molecule has 0 aliphatic carbocycles. The van der Waals surface area contributed by atoms with Gasteiger partial charge in [0.1, 0.15) is 0 Å². The average molecular weight is 242 g/mol. The highest BCUT2D eigenvalue weighted by molar-refractivity contribution is 6.33. The highest BCUT2D eigenvalue weighted by atomic mass is 35.5. The van der Waals surface area contributed by atoms with E-state index in [0.29, 0.717) is 10.6 Å². The number of amides is 1. The lowest BCUT2D eigenvalue weighted by Gasteiger charge is -2.20. The van der Waals surface area contributed by atoms with Crippen LogP contribution in [0.25, 0.3) is 0 Å². The Bertz CT molecular complexity index is 366. The van der Waals surface area contributed by atoms with Crippen molar-refractivity contribution in [1.29, 1.82) is 0 Å². The van der Waals surface area contributed by atoms with Gasteiger partial charge < -0.3 is 10.4 Å². The summed E-state index contributed by atoms with van der Waals surface area (Å²) in [5.74, 6) is -0.0743. The zero-order valence-corrected chi connectivity index (χ0v) is 10.2. The maximum atomic E-state index is 11.8. The molecule has 16 heavy (non-hydrogen) atoms. The summed E-state index contributed by atoms with van der Waals surface area (Å²) in [6.45, 7) is 3.80. The highest BCUT2D eigenvalue weighted by Gasteiger charge is 2.17. The summed E-state index contributed by atoms with van der Waals surface area (Å²) in [5.41, 5.74) is 0.434. The molecule has 0 bridgehead atoms. The molecule has 0 heterocycles. The van der Waals surface area contributed by atoms with Crippen LogP contribution in [0.5, 0.6) is 0 Å². The minimum atomic E-state index is -0.252. The largest absolute Gasteiger partial charge is 0.394 e. The van der Waals surface area contributed by atoms with Crippen molar-refractivity contribution in [3.8, 4) is 0 Å². The van der Waals surface area contributed by atoms with E-state index in [0.717, 1.165) is 0 Å². The molecule has 0 saturated heterocycles. The van der Waals surface area contributed by atoms with E-state index in [-0.39, 0.29) is 24.5 Å². The first-order valence-electron chi connectivity index (χ1n) is 5.22. The molecule has 1 aromatic carbocycles. The number of hydrogen-bond acceptors (Lipinski definition) is 2. The number of carbonyl (C=O) groups excluding carboxylic acids is 1. The van der Waals surface area contributed by atoms with Crippen molar-refractivity contribution in [2.75, 3.05) is 6.61 Å². The van der Waals surface area contributed by atoms with Gasteiger partial charge in [0.15, 0.2) is 0 Å². The molecule has 2 N–H and O–H groups in total. The fraction of sp³-hybridized carbons (Fsp3) is 0.417. The van der Waals surface area contributed by atoms with E-state index in [1.807, 2.05) is 13.8 Å². The number of halogens is 1. The van der Waals surface area contributed by atoms with Gasteiger partial charge in [-0.1, -0.05) is 37.6 Å². The molecule has 1 unspecified atom stereocenters. The van der Waals surface area contributed by atoms with E-state index in [1.54, 1.807) is 24.3 Å². The van der Waals surface area contributed by atoms with Gasteiger partial charge in [0.2, 0.25) is 0 Å². The molecule has 0 aliphatic rings. The van der Waals surface area contributed by atoms with Gasteiger partial charge in [-0.25, -0.2) is 0 Å². The van der Waals surface area contributed by atoms with E-state index in [9.17, 15) is 4.79 Å². The van der Waals surface area contributed by atoms with Crippen LogP contribution in [-0.4, -0.2) is 23.7 Å². The predicted octanol–water partition coefficient (Wildman–Crippen LogP) is 2.09. The molecule has 0 saturated carbocycles. The van der Waals surface area contributed by atoms with E-state index < -0.39 is 0 Å². The first-order chi connectivity index (χ1) is 7.56. The van der Waals surface area contributed by atoms with Crippen LogP contribution in [-0.2, 0) is 0 Å². The number of aliphatic hydroxyl groups excluding tert-OH is 1. The van der Waals surface area contributed by atoms with Crippen LogP contribution in [0.1, 0.15) is 24.2 Å². The summed E-state index contributed by atoms with van der Waals surface area (Å²) >= 11 is 5.90. The summed E-state index contributed by atoms with van der Waals surface area (Å²) in [6.07, 6.45) is 0. The fourth-order valence-corrected chi connectivity index (χ4v) is 1.54. The van der Waals surface area contributed by atoms with E-state index in [4.69, 9.17) is 16.7 Å². The topological polar surface area (TPSA) is 49.3 Å². The second-order valence-electron chi connectivity index (χ2n) is 3.99. The molecule has 4 heteroatoms. The number of nitrogens with one attached hydrogen (secondary N) is 1. The van der Waals surface area contributed by atoms with Gasteiger partial charge in [-0.2, -0.15) is 0 Å². The molecule has 1 rings (SSSR count). The SMILES string of the molecule is CC(C)C(CO)NC(=O)c1ccccc1Cl. The van der Waals surface area contributed by atoms with Crippen LogP contribution in [0.15, 0.2) is 24.3 Å². The Labute approximate surface area is 100 Å². The van der Waals surface area contributed by atoms with Crippen LogP contribution in [0.3, 0.4) is 0 Å². The summed E-state index contributed by atoms with van der Waals surface area (Å²) in [6, 6.07) is 6.60. The second-order valence-corrected chi connectivity index (χ2v) is 4.39. The van der Waals surface area contributed by atoms with Gasteiger partial charge in [-0.15, -0.1) is 0 Å². The second kappa shape index (κ2) is 5.87. The van der Waals surface area contributed by atoms with Crippen LogP contribution >= 0.6 is 11.6 Å². The number of benzene rings is 1. The Balaban J connectivity index is 2.76. The zero-order valence-electron chi connectivity index (χ0n) is 9.40. The Kier molecular flexibility index (Phi) is 4.77. The van der Waals surface area contributed by atoms with E-state index in [2.05, 4.69) is 5.32 Å². The summed E-state index contributed by atoms with van der Waals surface area (Å²) in [4.78, 5) is 11.8. The smallest absolute Gasteiger partial charge is 0.253 e. The summed E-state index contributed by atoms with van der Waals surface area (Å²) in [7, 11) is 0. The summed E-state index contributed by atoms with van der Waals surface area (Å²) < 4.78 is 0. The molecule has 1 amide bonds. The first kappa shape index (κ1) is 13.0. The average Bonchev–Trinajstić information content (AvgIpc) is 2.25. The van der Waals surface area contributed by atoms with E-state index >= 15 is 0 Å². The highest BCUT2D eigenvalue weighted by Crippen LogP contribution is 2.15. The van der Waals surface area contributed by atoms with Gasteiger partial charge >= 0.3 is 0 Å². The maximum absolute atomic E-state index is 11.8. The Morgan fingerprint density at radius 1 is 1.44 bits per heavy atom. The molecular formula is C12H16ClNO2. The van der Waals surface area contributed by atoms with Crippen molar-refractivity contribution in [2.45, 2.75) is 19.9 Å². The Morgan fingerprint density at radius 2 is 2.06 bits per heavy atom. The van der Waals surface area contributed by atoms with Gasteiger partial charge in [0.25, 0.3) is 5.91 Å². The maximum Gasteiger partial charge on any atom is 0.253 e. The van der Waals surface area contributed by atoms with E-state index in [1.165, 1.54) is 0 Å².